The molecular weight excluding hydrogens is 222 g/mol. The second-order valence-electron chi connectivity index (χ2n) is 4.70. The van der Waals surface area contributed by atoms with E-state index in [2.05, 4.69) is 10.00 Å². The van der Waals surface area contributed by atoms with E-state index in [0.29, 0.717) is 25.7 Å². The van der Waals surface area contributed by atoms with Crippen molar-refractivity contribution in [2.24, 2.45) is 0 Å². The van der Waals surface area contributed by atoms with Gasteiger partial charge in [0, 0.05) is 25.1 Å². The molecule has 3 heterocycles. The molecule has 1 N–H and O–H groups in total. The Hall–Kier alpha value is -1.40. The molecule has 1 saturated heterocycles. The minimum atomic E-state index is -0.936. The van der Waals surface area contributed by atoms with Crippen molar-refractivity contribution in [2.75, 3.05) is 26.7 Å². The normalized spacial score (nSPS) is 21.0. The van der Waals surface area contributed by atoms with E-state index in [1.165, 1.54) is 0 Å². The van der Waals surface area contributed by atoms with Gasteiger partial charge in [0.25, 0.3) is 0 Å². The highest BCUT2D eigenvalue weighted by atomic mass is 16.5. The van der Waals surface area contributed by atoms with E-state index in [9.17, 15) is 4.79 Å². The molecule has 0 bridgehead atoms. The van der Waals surface area contributed by atoms with Crippen LogP contribution in [-0.2, 0) is 17.8 Å². The summed E-state index contributed by atoms with van der Waals surface area (Å²) in [5, 5.41) is 13.4. The topological polar surface area (TPSA) is 67.6 Å². The number of aromatic nitrogens is 2. The molecule has 1 aromatic heterocycles. The molecular formula is C11H15N3O3. The molecule has 2 aliphatic heterocycles. The van der Waals surface area contributed by atoms with Gasteiger partial charge in [0.05, 0.1) is 24.9 Å². The molecule has 1 aromatic rings. The summed E-state index contributed by atoms with van der Waals surface area (Å²) in [6.07, 6.45) is 0.652. The molecule has 2 aliphatic rings. The molecule has 6 nitrogen and oxygen atoms in total. The van der Waals surface area contributed by atoms with Crippen LogP contribution in [0.3, 0.4) is 0 Å². The van der Waals surface area contributed by atoms with Crippen molar-refractivity contribution in [3.05, 3.63) is 17.0 Å². The maximum atomic E-state index is 11.2. The average molecular weight is 237 g/mol. The van der Waals surface area contributed by atoms with E-state index in [0.717, 1.165) is 24.3 Å². The third-order valence-electron chi connectivity index (χ3n) is 3.45. The van der Waals surface area contributed by atoms with Crippen LogP contribution in [-0.4, -0.2) is 52.5 Å². The standard InChI is InChI=1S/C11H15N3O3/c1-13-4-7(5-13)14-9-6-17-3-2-8(9)10(12-14)11(15)16/h7H,2-6H2,1H3,(H,15,16). The third kappa shape index (κ3) is 1.64. The van der Waals surface area contributed by atoms with Gasteiger partial charge in [-0.2, -0.15) is 5.10 Å². The van der Waals surface area contributed by atoms with Crippen molar-refractivity contribution in [3.63, 3.8) is 0 Å². The predicted molar refractivity (Wildman–Crippen MR) is 59.1 cm³/mol. The lowest BCUT2D eigenvalue weighted by Gasteiger charge is -2.37. The Labute approximate surface area is 98.8 Å². The average Bonchev–Trinajstić information content (AvgIpc) is 2.64. The van der Waals surface area contributed by atoms with Crippen molar-refractivity contribution in [3.8, 4) is 0 Å². The second kappa shape index (κ2) is 3.82. The summed E-state index contributed by atoms with van der Waals surface area (Å²) in [5.74, 6) is -0.936. The van der Waals surface area contributed by atoms with Crippen molar-refractivity contribution in [2.45, 2.75) is 19.1 Å². The summed E-state index contributed by atoms with van der Waals surface area (Å²) in [7, 11) is 2.04. The van der Waals surface area contributed by atoms with Gasteiger partial charge in [-0.25, -0.2) is 4.79 Å². The zero-order valence-corrected chi connectivity index (χ0v) is 9.72. The van der Waals surface area contributed by atoms with Crippen molar-refractivity contribution in [1.29, 1.82) is 0 Å². The van der Waals surface area contributed by atoms with E-state index in [-0.39, 0.29) is 5.69 Å². The fourth-order valence-corrected chi connectivity index (χ4v) is 2.56. The van der Waals surface area contributed by atoms with E-state index < -0.39 is 5.97 Å². The number of likely N-dealkylation sites (N-methyl/N-ethyl adjacent to an activating group) is 1. The van der Waals surface area contributed by atoms with Gasteiger partial charge in [-0.1, -0.05) is 0 Å². The monoisotopic (exact) mass is 237 g/mol. The zero-order valence-electron chi connectivity index (χ0n) is 9.72. The summed E-state index contributed by atoms with van der Waals surface area (Å²) in [5.41, 5.74) is 2.02. The lowest BCUT2D eigenvalue weighted by Crippen LogP contribution is -2.46. The van der Waals surface area contributed by atoms with Gasteiger partial charge in [-0.15, -0.1) is 0 Å². The molecule has 0 aromatic carbocycles. The van der Waals surface area contributed by atoms with Crippen LogP contribution in [0.5, 0.6) is 0 Å². The molecule has 0 radical (unpaired) electrons. The van der Waals surface area contributed by atoms with E-state index >= 15 is 0 Å². The lowest BCUT2D eigenvalue weighted by molar-refractivity contribution is 0.0685. The first-order valence-corrected chi connectivity index (χ1v) is 5.76. The molecule has 3 rings (SSSR count). The Morgan fingerprint density at radius 2 is 2.29 bits per heavy atom. The summed E-state index contributed by atoms with van der Waals surface area (Å²) in [4.78, 5) is 13.3. The van der Waals surface area contributed by atoms with Crippen LogP contribution in [0, 0.1) is 0 Å². The summed E-state index contributed by atoms with van der Waals surface area (Å²) in [6.45, 7) is 2.92. The molecule has 0 unspecified atom stereocenters. The van der Waals surface area contributed by atoms with Crippen LogP contribution < -0.4 is 0 Å². The molecule has 0 spiro atoms. The van der Waals surface area contributed by atoms with Gasteiger partial charge in [0.2, 0.25) is 0 Å². The predicted octanol–water partition coefficient (Wildman–Crippen LogP) is 0.140. The van der Waals surface area contributed by atoms with Gasteiger partial charge in [0.15, 0.2) is 5.69 Å². The molecule has 0 amide bonds. The SMILES string of the molecule is CN1CC(n2nc(C(=O)O)c3c2COCC3)C1. The van der Waals surface area contributed by atoms with Crippen LogP contribution in [0.2, 0.25) is 0 Å². The van der Waals surface area contributed by atoms with Crippen molar-refractivity contribution >= 4 is 5.97 Å². The molecule has 0 atom stereocenters. The molecule has 6 heteroatoms. The molecule has 0 aliphatic carbocycles. The highest BCUT2D eigenvalue weighted by Crippen LogP contribution is 2.27. The first-order chi connectivity index (χ1) is 8.16. The van der Waals surface area contributed by atoms with Crippen LogP contribution in [0.15, 0.2) is 0 Å². The number of fused-ring (bicyclic) bond motifs is 1. The highest BCUT2D eigenvalue weighted by Gasteiger charge is 2.32. The Kier molecular flexibility index (Phi) is 2.41. The van der Waals surface area contributed by atoms with Crippen LogP contribution in [0.4, 0.5) is 0 Å². The largest absolute Gasteiger partial charge is 0.476 e. The Morgan fingerprint density at radius 1 is 1.53 bits per heavy atom. The Balaban J connectivity index is 2.00. The molecule has 17 heavy (non-hydrogen) atoms. The number of aromatic carboxylic acids is 1. The van der Waals surface area contributed by atoms with Gasteiger partial charge in [-0.3, -0.25) is 4.68 Å². The van der Waals surface area contributed by atoms with Crippen molar-refractivity contribution in [1.82, 2.24) is 14.7 Å². The van der Waals surface area contributed by atoms with Crippen LogP contribution in [0.1, 0.15) is 27.8 Å². The highest BCUT2D eigenvalue weighted by molar-refractivity contribution is 5.87. The lowest BCUT2D eigenvalue weighted by atomic mass is 10.1. The van der Waals surface area contributed by atoms with Gasteiger partial charge in [-0.05, 0) is 7.05 Å². The summed E-state index contributed by atoms with van der Waals surface area (Å²) >= 11 is 0. The van der Waals surface area contributed by atoms with Gasteiger partial charge < -0.3 is 14.7 Å². The number of rotatable bonds is 2. The van der Waals surface area contributed by atoms with Gasteiger partial charge >= 0.3 is 5.97 Å². The van der Waals surface area contributed by atoms with Crippen LogP contribution >= 0.6 is 0 Å². The number of hydrogen-bond donors (Lipinski definition) is 1. The van der Waals surface area contributed by atoms with Crippen LogP contribution in [0.25, 0.3) is 0 Å². The van der Waals surface area contributed by atoms with Gasteiger partial charge in [0.1, 0.15) is 0 Å². The third-order valence-corrected chi connectivity index (χ3v) is 3.45. The Bertz CT molecular complexity index is 463. The number of carboxylic acid groups (broad SMARTS) is 1. The first kappa shape index (κ1) is 10.7. The fraction of sp³-hybridized carbons (Fsp3) is 0.636. The van der Waals surface area contributed by atoms with E-state index in [1.807, 2.05) is 11.7 Å². The first-order valence-electron chi connectivity index (χ1n) is 5.76. The van der Waals surface area contributed by atoms with E-state index in [4.69, 9.17) is 9.84 Å². The second-order valence-corrected chi connectivity index (χ2v) is 4.70. The molecule has 92 valence electrons. The van der Waals surface area contributed by atoms with Crippen molar-refractivity contribution < 1.29 is 14.6 Å². The minimum absolute atomic E-state index is 0.206. The smallest absolute Gasteiger partial charge is 0.356 e. The number of nitrogens with zero attached hydrogens (tertiary/aromatic N) is 3. The number of carboxylic acids is 1. The quantitative estimate of drug-likeness (QED) is 0.792. The molecule has 1 fully saturated rings. The molecule has 0 saturated carbocycles. The maximum Gasteiger partial charge on any atom is 0.356 e. The summed E-state index contributed by atoms with van der Waals surface area (Å²) < 4.78 is 7.27. The summed E-state index contributed by atoms with van der Waals surface area (Å²) in [6, 6.07) is 0.295. The number of hydrogen-bond acceptors (Lipinski definition) is 4. The number of ether oxygens (including phenoxy) is 1. The fourth-order valence-electron chi connectivity index (χ4n) is 2.56. The number of likely N-dealkylation sites (tertiary alicyclic amines) is 1. The maximum absolute atomic E-state index is 11.2. The Morgan fingerprint density at radius 3 is 2.94 bits per heavy atom. The minimum Gasteiger partial charge on any atom is -0.476 e. The zero-order chi connectivity index (χ0) is 12.0. The number of carbonyl (C=O) groups is 1. The van der Waals surface area contributed by atoms with E-state index in [1.54, 1.807) is 0 Å².